The molecule has 1 aliphatic heterocycles. The van der Waals surface area contributed by atoms with Gasteiger partial charge in [-0.25, -0.2) is 0 Å². The van der Waals surface area contributed by atoms with Gasteiger partial charge in [0.05, 0.1) is 6.04 Å². The minimum Gasteiger partial charge on any atom is -0.324 e. The van der Waals surface area contributed by atoms with Gasteiger partial charge in [0.1, 0.15) is 0 Å². The monoisotopic (exact) mass is 272 g/mol. The van der Waals surface area contributed by atoms with Gasteiger partial charge in [-0.3, -0.25) is 4.79 Å². The van der Waals surface area contributed by atoms with Crippen LogP contribution in [-0.4, -0.2) is 18.0 Å². The van der Waals surface area contributed by atoms with Crippen LogP contribution in [0.25, 0.3) is 0 Å². The Kier molecular flexibility index (Phi) is 3.79. The number of hydrogen-bond acceptors (Lipinski definition) is 2. The Labute approximate surface area is 121 Å². The van der Waals surface area contributed by atoms with Gasteiger partial charge in [-0.15, -0.1) is 0 Å². The minimum atomic E-state index is -0.0104. The van der Waals surface area contributed by atoms with E-state index in [1.165, 1.54) is 31.2 Å². The first-order valence-electron chi connectivity index (χ1n) is 7.77. The average molecular weight is 272 g/mol. The van der Waals surface area contributed by atoms with E-state index in [1.807, 2.05) is 19.1 Å². The van der Waals surface area contributed by atoms with Crippen molar-refractivity contribution >= 4 is 11.6 Å². The van der Waals surface area contributed by atoms with Gasteiger partial charge in [0.2, 0.25) is 5.91 Å². The highest BCUT2D eigenvalue weighted by Gasteiger charge is 2.38. The SMILES string of the molecule is Cc1ccc(NC(=O)C2CC3CCCCC3N2)c(C)c1. The number of aryl methyl sites for hydroxylation is 2. The smallest absolute Gasteiger partial charge is 0.241 e. The van der Waals surface area contributed by atoms with Crippen molar-refractivity contribution in [1.82, 2.24) is 5.32 Å². The summed E-state index contributed by atoms with van der Waals surface area (Å²) in [6.07, 6.45) is 6.15. The largest absolute Gasteiger partial charge is 0.324 e. The molecule has 3 heteroatoms. The predicted octanol–water partition coefficient (Wildman–Crippen LogP) is 3.16. The van der Waals surface area contributed by atoms with E-state index >= 15 is 0 Å². The van der Waals surface area contributed by atoms with Gasteiger partial charge in [0, 0.05) is 11.7 Å². The first-order chi connectivity index (χ1) is 9.63. The lowest BCUT2D eigenvalue weighted by molar-refractivity contribution is -0.117. The van der Waals surface area contributed by atoms with Crippen molar-refractivity contribution in [3.8, 4) is 0 Å². The number of rotatable bonds is 2. The summed E-state index contributed by atoms with van der Waals surface area (Å²) in [5.74, 6) is 0.838. The Morgan fingerprint density at radius 1 is 1.25 bits per heavy atom. The molecule has 3 atom stereocenters. The fourth-order valence-electron chi connectivity index (χ4n) is 3.69. The van der Waals surface area contributed by atoms with Gasteiger partial charge in [0.25, 0.3) is 0 Å². The summed E-state index contributed by atoms with van der Waals surface area (Å²) in [5, 5.41) is 6.62. The number of amides is 1. The molecule has 1 amide bonds. The lowest BCUT2D eigenvalue weighted by atomic mass is 9.85. The second-order valence-corrected chi connectivity index (χ2v) is 6.41. The molecule has 1 saturated heterocycles. The topological polar surface area (TPSA) is 41.1 Å². The van der Waals surface area contributed by atoms with Crippen molar-refractivity contribution in [2.75, 3.05) is 5.32 Å². The van der Waals surface area contributed by atoms with Crippen molar-refractivity contribution in [2.45, 2.75) is 58.0 Å². The molecule has 0 spiro atoms. The van der Waals surface area contributed by atoms with Gasteiger partial charge in [-0.2, -0.15) is 0 Å². The molecule has 1 heterocycles. The van der Waals surface area contributed by atoms with Crippen LogP contribution in [0, 0.1) is 19.8 Å². The number of hydrogen-bond donors (Lipinski definition) is 2. The predicted molar refractivity (Wildman–Crippen MR) is 81.8 cm³/mol. The summed E-state index contributed by atoms with van der Waals surface area (Å²) < 4.78 is 0. The van der Waals surface area contributed by atoms with E-state index in [-0.39, 0.29) is 11.9 Å². The minimum absolute atomic E-state index is 0.0104. The number of carbonyl (C=O) groups is 1. The Morgan fingerprint density at radius 3 is 2.80 bits per heavy atom. The number of carbonyl (C=O) groups excluding carboxylic acids is 1. The Hall–Kier alpha value is -1.35. The van der Waals surface area contributed by atoms with Crippen LogP contribution in [0.3, 0.4) is 0 Å². The van der Waals surface area contributed by atoms with Crippen LogP contribution in [0.4, 0.5) is 5.69 Å². The lowest BCUT2D eigenvalue weighted by Crippen LogP contribution is -2.40. The summed E-state index contributed by atoms with van der Waals surface area (Å²) in [6.45, 7) is 4.12. The summed E-state index contributed by atoms with van der Waals surface area (Å²) >= 11 is 0. The zero-order chi connectivity index (χ0) is 14.1. The molecule has 2 aliphatic rings. The molecule has 3 nitrogen and oxygen atoms in total. The molecule has 2 N–H and O–H groups in total. The van der Waals surface area contributed by atoms with Crippen molar-refractivity contribution in [3.63, 3.8) is 0 Å². The highest BCUT2D eigenvalue weighted by atomic mass is 16.2. The standard InChI is InChI=1S/C17H24N2O/c1-11-7-8-14(12(2)9-11)19-17(20)16-10-13-5-3-4-6-15(13)18-16/h7-9,13,15-16,18H,3-6,10H2,1-2H3,(H,19,20). The van der Waals surface area contributed by atoms with Crippen LogP contribution in [-0.2, 0) is 4.79 Å². The number of fused-ring (bicyclic) bond motifs is 1. The van der Waals surface area contributed by atoms with E-state index in [1.54, 1.807) is 0 Å². The normalized spacial score (nSPS) is 29.0. The van der Waals surface area contributed by atoms with E-state index in [2.05, 4.69) is 23.6 Å². The van der Waals surface area contributed by atoms with Gasteiger partial charge in [0.15, 0.2) is 0 Å². The third-order valence-electron chi connectivity index (χ3n) is 4.82. The quantitative estimate of drug-likeness (QED) is 0.868. The molecular weight excluding hydrogens is 248 g/mol. The second kappa shape index (κ2) is 5.57. The van der Waals surface area contributed by atoms with Crippen molar-refractivity contribution in [3.05, 3.63) is 29.3 Å². The summed E-state index contributed by atoms with van der Waals surface area (Å²) in [5.41, 5.74) is 3.30. The second-order valence-electron chi connectivity index (χ2n) is 6.41. The average Bonchev–Trinajstić information content (AvgIpc) is 2.86. The molecule has 3 rings (SSSR count). The van der Waals surface area contributed by atoms with E-state index < -0.39 is 0 Å². The first-order valence-corrected chi connectivity index (χ1v) is 7.77. The molecule has 0 radical (unpaired) electrons. The molecule has 1 saturated carbocycles. The van der Waals surface area contributed by atoms with E-state index in [4.69, 9.17) is 0 Å². The Morgan fingerprint density at radius 2 is 2.05 bits per heavy atom. The maximum atomic E-state index is 12.4. The number of nitrogens with one attached hydrogen (secondary N) is 2. The van der Waals surface area contributed by atoms with E-state index in [0.717, 1.165) is 17.7 Å². The number of benzene rings is 1. The van der Waals surface area contributed by atoms with Crippen LogP contribution < -0.4 is 10.6 Å². The van der Waals surface area contributed by atoms with E-state index in [0.29, 0.717) is 12.0 Å². The van der Waals surface area contributed by atoms with Crippen LogP contribution in [0.5, 0.6) is 0 Å². The molecule has 2 fully saturated rings. The molecule has 1 aromatic carbocycles. The van der Waals surface area contributed by atoms with Crippen molar-refractivity contribution < 1.29 is 4.79 Å². The first kappa shape index (κ1) is 13.6. The van der Waals surface area contributed by atoms with Crippen molar-refractivity contribution in [2.24, 2.45) is 5.92 Å². The van der Waals surface area contributed by atoms with Crippen LogP contribution >= 0.6 is 0 Å². The van der Waals surface area contributed by atoms with Gasteiger partial charge < -0.3 is 10.6 Å². The molecule has 3 unspecified atom stereocenters. The third-order valence-corrected chi connectivity index (χ3v) is 4.82. The van der Waals surface area contributed by atoms with E-state index in [9.17, 15) is 4.79 Å². The zero-order valence-electron chi connectivity index (χ0n) is 12.4. The number of anilines is 1. The van der Waals surface area contributed by atoms with Gasteiger partial charge in [-0.05, 0) is 50.7 Å². The maximum absolute atomic E-state index is 12.4. The maximum Gasteiger partial charge on any atom is 0.241 e. The molecule has 108 valence electrons. The summed E-state index contributed by atoms with van der Waals surface area (Å²) in [6, 6.07) is 6.72. The van der Waals surface area contributed by atoms with Crippen LogP contribution in [0.15, 0.2) is 18.2 Å². The molecular formula is C17H24N2O. The molecule has 20 heavy (non-hydrogen) atoms. The third kappa shape index (κ3) is 2.73. The highest BCUT2D eigenvalue weighted by Crippen LogP contribution is 2.33. The molecule has 1 aromatic rings. The molecule has 1 aliphatic carbocycles. The van der Waals surface area contributed by atoms with Crippen LogP contribution in [0.1, 0.15) is 43.2 Å². The lowest BCUT2D eigenvalue weighted by Gasteiger charge is -2.24. The Balaban J connectivity index is 1.65. The Bertz CT molecular complexity index is 498. The van der Waals surface area contributed by atoms with Gasteiger partial charge in [-0.1, -0.05) is 30.5 Å². The molecule has 0 aromatic heterocycles. The zero-order valence-corrected chi connectivity index (χ0v) is 12.4. The van der Waals surface area contributed by atoms with Gasteiger partial charge >= 0.3 is 0 Å². The summed E-state index contributed by atoms with van der Waals surface area (Å²) in [7, 11) is 0. The van der Waals surface area contributed by atoms with Crippen LogP contribution in [0.2, 0.25) is 0 Å². The fraction of sp³-hybridized carbons (Fsp3) is 0.588. The van der Waals surface area contributed by atoms with Crippen molar-refractivity contribution in [1.29, 1.82) is 0 Å². The molecule has 0 bridgehead atoms. The highest BCUT2D eigenvalue weighted by molar-refractivity contribution is 5.95. The fourth-order valence-corrected chi connectivity index (χ4v) is 3.69. The summed E-state index contributed by atoms with van der Waals surface area (Å²) in [4.78, 5) is 12.4.